The molecule has 1 aromatic rings. The molecule has 0 saturated carbocycles. The lowest BCUT2D eigenvalue weighted by molar-refractivity contribution is -0.116. The van der Waals surface area contributed by atoms with E-state index in [1.807, 2.05) is 24.3 Å². The van der Waals surface area contributed by atoms with Crippen LogP contribution in [0.1, 0.15) is 58.9 Å². The van der Waals surface area contributed by atoms with Gasteiger partial charge in [0.1, 0.15) is 11.5 Å². The molecule has 0 aliphatic heterocycles. The van der Waals surface area contributed by atoms with Gasteiger partial charge in [-0.25, -0.2) is 0 Å². The zero-order chi connectivity index (χ0) is 17.1. The largest absolute Gasteiger partial charge is 0.543 e. The molecule has 1 rings (SSSR count). The molecule has 0 heterocycles. The third kappa shape index (κ3) is 4.02. The molecule has 22 heavy (non-hydrogen) atoms. The smallest absolute Gasteiger partial charge is 0.258 e. The fourth-order valence-corrected chi connectivity index (χ4v) is 9.05. The van der Waals surface area contributed by atoms with E-state index in [9.17, 15) is 4.79 Å². The minimum atomic E-state index is -1.91. The molecule has 0 bridgehead atoms. The molecule has 0 spiro atoms. The van der Waals surface area contributed by atoms with Crippen LogP contribution in [0.2, 0.25) is 16.6 Å². The van der Waals surface area contributed by atoms with E-state index in [2.05, 4.69) is 57.5 Å². The molecular weight excluding hydrogens is 356 g/mol. The van der Waals surface area contributed by atoms with E-state index >= 15 is 0 Å². The second-order valence-electron chi connectivity index (χ2n) is 6.96. The average Bonchev–Trinajstić information content (AvgIpc) is 2.43. The maximum Gasteiger partial charge on any atom is 0.258 e. The van der Waals surface area contributed by atoms with Crippen molar-refractivity contribution >= 4 is 30.0 Å². The fraction of sp³-hybridized carbons (Fsp3) is 0.611. The molecule has 2 nitrogen and oxygen atoms in total. The Balaban J connectivity index is 3.08. The molecule has 0 amide bonds. The Morgan fingerprint density at radius 1 is 0.955 bits per heavy atom. The van der Waals surface area contributed by atoms with Crippen LogP contribution in [0, 0.1) is 0 Å². The highest BCUT2D eigenvalue weighted by Crippen LogP contribution is 2.42. The highest BCUT2D eigenvalue weighted by molar-refractivity contribution is 9.09. The average molecular weight is 385 g/mol. The topological polar surface area (TPSA) is 26.3 Å². The van der Waals surface area contributed by atoms with Crippen molar-refractivity contribution in [3.05, 3.63) is 29.8 Å². The molecule has 1 aromatic carbocycles. The Bertz CT molecular complexity index is 473. The van der Waals surface area contributed by atoms with E-state index in [4.69, 9.17) is 4.43 Å². The summed E-state index contributed by atoms with van der Waals surface area (Å²) in [6, 6.07) is 7.97. The number of ketones is 1. The molecule has 0 fully saturated rings. The van der Waals surface area contributed by atoms with Crippen LogP contribution >= 0.6 is 15.9 Å². The van der Waals surface area contributed by atoms with E-state index in [1.54, 1.807) is 6.92 Å². The molecule has 124 valence electrons. The van der Waals surface area contributed by atoms with Crippen molar-refractivity contribution in [2.45, 2.75) is 69.9 Å². The number of Topliss-reactive ketones (excluding diaryl/α,β-unsaturated/α-hetero) is 1. The number of halogens is 1. The minimum Gasteiger partial charge on any atom is -0.543 e. The molecule has 1 atom stereocenters. The van der Waals surface area contributed by atoms with E-state index in [0.29, 0.717) is 16.6 Å². The molecule has 0 saturated heterocycles. The number of alkyl halides is 1. The second-order valence-corrected chi connectivity index (χ2v) is 13.3. The Labute approximate surface area is 144 Å². The van der Waals surface area contributed by atoms with Gasteiger partial charge in [-0.1, -0.05) is 69.6 Å². The van der Waals surface area contributed by atoms with Crippen LogP contribution in [0.15, 0.2) is 24.3 Å². The lowest BCUT2D eigenvalue weighted by Gasteiger charge is -2.42. The first-order valence-electron chi connectivity index (χ1n) is 8.06. The van der Waals surface area contributed by atoms with Gasteiger partial charge in [-0.05, 0) is 41.2 Å². The van der Waals surface area contributed by atoms with Gasteiger partial charge in [-0.15, -0.1) is 0 Å². The van der Waals surface area contributed by atoms with Crippen LogP contribution in [0.3, 0.4) is 0 Å². The van der Waals surface area contributed by atoms with Gasteiger partial charge in [0.15, 0.2) is 0 Å². The normalized spacial score (nSPS) is 13.8. The molecule has 0 radical (unpaired) electrons. The van der Waals surface area contributed by atoms with Crippen molar-refractivity contribution in [2.75, 3.05) is 0 Å². The molecule has 4 heteroatoms. The number of carbonyl (C=O) groups excluding carboxylic acids is 1. The van der Waals surface area contributed by atoms with Crippen LogP contribution < -0.4 is 4.43 Å². The molecule has 0 aliphatic carbocycles. The SMILES string of the molecule is CC(=O)C(Br)c1ccc(O[Si](C(C)C)(C(C)C)C(C)C)cc1. The van der Waals surface area contributed by atoms with Gasteiger partial charge in [0.25, 0.3) is 8.32 Å². The third-order valence-corrected chi connectivity index (χ3v) is 11.7. The standard InChI is InChI=1S/C18H29BrO2Si/c1-12(2)22(13(3)4,14(5)6)21-17-10-8-16(9-11-17)18(19)15(7)20/h8-14,18H,1-7H3. The van der Waals surface area contributed by atoms with Gasteiger partial charge in [0.05, 0.1) is 4.83 Å². The van der Waals surface area contributed by atoms with E-state index in [0.717, 1.165) is 11.3 Å². The summed E-state index contributed by atoms with van der Waals surface area (Å²) in [5.41, 5.74) is 2.63. The monoisotopic (exact) mass is 384 g/mol. The fourth-order valence-electron chi connectivity index (χ4n) is 3.50. The Morgan fingerprint density at radius 3 is 1.68 bits per heavy atom. The zero-order valence-electron chi connectivity index (χ0n) is 14.8. The summed E-state index contributed by atoms with van der Waals surface area (Å²) in [5.74, 6) is 1.04. The predicted molar refractivity (Wildman–Crippen MR) is 100 cm³/mol. The summed E-state index contributed by atoms with van der Waals surface area (Å²) in [6.07, 6.45) is 0. The lowest BCUT2D eigenvalue weighted by atomic mass is 10.1. The van der Waals surface area contributed by atoms with Gasteiger partial charge in [0, 0.05) is 0 Å². The maximum atomic E-state index is 11.5. The summed E-state index contributed by atoms with van der Waals surface area (Å²) in [7, 11) is -1.91. The number of hydrogen-bond acceptors (Lipinski definition) is 2. The first kappa shape index (κ1) is 19.4. The van der Waals surface area contributed by atoms with Crippen molar-refractivity contribution in [3.8, 4) is 5.75 Å². The van der Waals surface area contributed by atoms with Crippen molar-refractivity contribution in [2.24, 2.45) is 0 Å². The Kier molecular flexibility index (Phi) is 6.87. The zero-order valence-corrected chi connectivity index (χ0v) is 17.4. The second kappa shape index (κ2) is 7.78. The number of hydrogen-bond donors (Lipinski definition) is 0. The van der Waals surface area contributed by atoms with E-state index < -0.39 is 8.32 Å². The quantitative estimate of drug-likeness (QED) is 0.409. The van der Waals surface area contributed by atoms with Crippen LogP contribution in [-0.4, -0.2) is 14.1 Å². The summed E-state index contributed by atoms with van der Waals surface area (Å²) in [4.78, 5) is 11.2. The first-order chi connectivity index (χ1) is 10.1. The number of benzene rings is 1. The van der Waals surface area contributed by atoms with Crippen molar-refractivity contribution in [3.63, 3.8) is 0 Å². The maximum absolute atomic E-state index is 11.5. The van der Waals surface area contributed by atoms with Crippen LogP contribution in [-0.2, 0) is 4.79 Å². The van der Waals surface area contributed by atoms with Crippen LogP contribution in [0.5, 0.6) is 5.75 Å². The molecule has 1 unspecified atom stereocenters. The van der Waals surface area contributed by atoms with Gasteiger partial charge in [0.2, 0.25) is 0 Å². The van der Waals surface area contributed by atoms with Crippen molar-refractivity contribution in [1.82, 2.24) is 0 Å². The van der Waals surface area contributed by atoms with Crippen molar-refractivity contribution < 1.29 is 9.22 Å². The molecule has 0 N–H and O–H groups in total. The van der Waals surface area contributed by atoms with E-state index in [-0.39, 0.29) is 10.6 Å². The predicted octanol–water partition coefficient (Wildman–Crippen LogP) is 6.27. The Hall–Kier alpha value is -0.613. The van der Waals surface area contributed by atoms with Gasteiger partial charge < -0.3 is 4.43 Å². The molecule has 0 aromatic heterocycles. The summed E-state index contributed by atoms with van der Waals surface area (Å²) in [5, 5.41) is 0. The minimum absolute atomic E-state index is 0.115. The summed E-state index contributed by atoms with van der Waals surface area (Å²) in [6.45, 7) is 15.3. The van der Waals surface area contributed by atoms with Gasteiger partial charge in [-0.2, -0.15) is 0 Å². The highest BCUT2D eigenvalue weighted by atomic mass is 79.9. The molecular formula is C18H29BrO2Si. The van der Waals surface area contributed by atoms with Crippen LogP contribution in [0.25, 0.3) is 0 Å². The number of rotatable bonds is 7. The summed E-state index contributed by atoms with van der Waals surface area (Å²) < 4.78 is 6.62. The third-order valence-electron chi connectivity index (χ3n) is 4.53. The molecule has 0 aliphatic rings. The number of carbonyl (C=O) groups is 1. The van der Waals surface area contributed by atoms with Crippen molar-refractivity contribution in [1.29, 1.82) is 0 Å². The first-order valence-corrected chi connectivity index (χ1v) is 11.1. The Morgan fingerprint density at radius 2 is 1.36 bits per heavy atom. The van der Waals surface area contributed by atoms with Gasteiger partial charge >= 0.3 is 0 Å². The summed E-state index contributed by atoms with van der Waals surface area (Å²) >= 11 is 3.42. The lowest BCUT2D eigenvalue weighted by Crippen LogP contribution is -2.50. The van der Waals surface area contributed by atoms with E-state index in [1.165, 1.54) is 0 Å². The van der Waals surface area contributed by atoms with Gasteiger partial charge in [-0.3, -0.25) is 4.79 Å². The highest BCUT2D eigenvalue weighted by Gasteiger charge is 2.46. The van der Waals surface area contributed by atoms with Crippen LogP contribution in [0.4, 0.5) is 0 Å².